The number of rotatable bonds is 43. The average molecular weight is 859 g/mol. The van der Waals surface area contributed by atoms with Crippen LogP contribution in [0.4, 0.5) is 0 Å². The molecule has 6 heteroatoms. The van der Waals surface area contributed by atoms with Crippen molar-refractivity contribution in [3.8, 4) is 0 Å². The van der Waals surface area contributed by atoms with Gasteiger partial charge < -0.3 is 14.2 Å². The van der Waals surface area contributed by atoms with E-state index in [1.165, 1.54) is 83.5 Å². The standard InChI is InChI=1S/C56H90O6/c1-4-7-10-13-16-19-22-25-27-29-31-34-37-40-43-46-49-55(58)61-52-53(51-60-54(57)48-45-42-39-36-33-30-24-21-18-15-12-9-6-3)62-56(59)50-47-44-41-38-35-32-28-26-23-20-17-14-11-8-5-2/h8,11,14,17,20,23,26-35,39,42,53H,4-7,9-10,12-13,15-16,18-19,21-22,24-25,36-38,40-41,43-52H2,1-3H3/b11-8+,17-14+,23-20+,28-26+,29-27+,33-30+,34-31+,35-32+,42-39+. The van der Waals surface area contributed by atoms with Gasteiger partial charge in [0, 0.05) is 19.3 Å². The van der Waals surface area contributed by atoms with Crippen molar-refractivity contribution in [2.24, 2.45) is 0 Å². The minimum atomic E-state index is -0.834. The van der Waals surface area contributed by atoms with Crippen molar-refractivity contribution in [3.63, 3.8) is 0 Å². The number of hydrogen-bond acceptors (Lipinski definition) is 6. The van der Waals surface area contributed by atoms with Crippen LogP contribution in [0.3, 0.4) is 0 Å². The highest BCUT2D eigenvalue weighted by Crippen LogP contribution is 2.12. The molecule has 0 aromatic carbocycles. The second-order valence-corrected chi connectivity index (χ2v) is 16.1. The number of carbonyl (C=O) groups is 3. The minimum Gasteiger partial charge on any atom is -0.462 e. The summed E-state index contributed by atoms with van der Waals surface area (Å²) in [4.78, 5) is 37.9. The Labute approximate surface area is 380 Å². The molecule has 6 nitrogen and oxygen atoms in total. The lowest BCUT2D eigenvalue weighted by atomic mass is 10.1. The Hall–Kier alpha value is -3.93. The lowest BCUT2D eigenvalue weighted by Crippen LogP contribution is -2.30. The van der Waals surface area contributed by atoms with Crippen LogP contribution in [0.25, 0.3) is 0 Å². The first-order chi connectivity index (χ1) is 30.5. The van der Waals surface area contributed by atoms with E-state index in [0.717, 1.165) is 70.6 Å². The number of unbranched alkanes of at least 4 members (excludes halogenated alkanes) is 19. The summed E-state index contributed by atoms with van der Waals surface area (Å²) >= 11 is 0. The van der Waals surface area contributed by atoms with Gasteiger partial charge in [-0.2, -0.15) is 0 Å². The molecule has 0 aliphatic rings. The third kappa shape index (κ3) is 47.1. The second kappa shape index (κ2) is 49.7. The van der Waals surface area contributed by atoms with Gasteiger partial charge in [0.15, 0.2) is 6.10 Å². The van der Waals surface area contributed by atoms with E-state index in [-0.39, 0.29) is 44.0 Å². The van der Waals surface area contributed by atoms with E-state index in [2.05, 4.69) is 75.5 Å². The van der Waals surface area contributed by atoms with Gasteiger partial charge in [0.1, 0.15) is 13.2 Å². The second-order valence-electron chi connectivity index (χ2n) is 16.1. The molecule has 62 heavy (non-hydrogen) atoms. The summed E-state index contributed by atoms with van der Waals surface area (Å²) in [5.74, 6) is -1.07. The molecule has 0 bridgehead atoms. The van der Waals surface area contributed by atoms with Gasteiger partial charge in [0.25, 0.3) is 0 Å². The normalized spacial score (nSPS) is 13.0. The molecule has 0 aliphatic heterocycles. The van der Waals surface area contributed by atoms with Crippen molar-refractivity contribution in [1.29, 1.82) is 0 Å². The summed E-state index contributed by atoms with van der Waals surface area (Å²) < 4.78 is 16.6. The summed E-state index contributed by atoms with van der Waals surface area (Å²) in [5.41, 5.74) is 0. The van der Waals surface area contributed by atoms with E-state index in [1.807, 2.05) is 54.7 Å². The van der Waals surface area contributed by atoms with Crippen molar-refractivity contribution < 1.29 is 28.6 Å². The van der Waals surface area contributed by atoms with E-state index < -0.39 is 6.10 Å². The number of carbonyl (C=O) groups excluding carboxylic acids is 3. The van der Waals surface area contributed by atoms with Crippen LogP contribution < -0.4 is 0 Å². The molecule has 0 heterocycles. The van der Waals surface area contributed by atoms with Gasteiger partial charge in [0.2, 0.25) is 0 Å². The van der Waals surface area contributed by atoms with Crippen LogP contribution in [0.1, 0.15) is 207 Å². The zero-order valence-corrected chi connectivity index (χ0v) is 39.8. The maximum atomic E-state index is 12.8. The maximum Gasteiger partial charge on any atom is 0.306 e. The molecule has 350 valence electrons. The van der Waals surface area contributed by atoms with Crippen LogP contribution in [0, 0.1) is 0 Å². The van der Waals surface area contributed by atoms with Crippen molar-refractivity contribution in [2.45, 2.75) is 213 Å². The Morgan fingerprint density at radius 3 is 1.23 bits per heavy atom. The van der Waals surface area contributed by atoms with Gasteiger partial charge >= 0.3 is 17.9 Å². The van der Waals surface area contributed by atoms with E-state index in [1.54, 1.807) is 0 Å². The first-order valence-corrected chi connectivity index (χ1v) is 25.0. The minimum absolute atomic E-state index is 0.129. The summed E-state index contributed by atoms with van der Waals surface area (Å²) in [6.45, 7) is 6.35. The van der Waals surface area contributed by atoms with Crippen LogP contribution in [0.15, 0.2) is 109 Å². The third-order valence-corrected chi connectivity index (χ3v) is 10.2. The highest BCUT2D eigenvalue weighted by atomic mass is 16.6. The van der Waals surface area contributed by atoms with E-state index in [0.29, 0.717) is 19.3 Å². The van der Waals surface area contributed by atoms with Crippen LogP contribution in [-0.4, -0.2) is 37.2 Å². The average Bonchev–Trinajstić information content (AvgIpc) is 3.27. The van der Waals surface area contributed by atoms with Crippen LogP contribution in [0.5, 0.6) is 0 Å². The van der Waals surface area contributed by atoms with Gasteiger partial charge in [-0.25, -0.2) is 0 Å². The Balaban J connectivity index is 4.59. The Morgan fingerprint density at radius 2 is 0.726 bits per heavy atom. The van der Waals surface area contributed by atoms with Gasteiger partial charge in [-0.15, -0.1) is 0 Å². The molecule has 0 aromatic rings. The number of allylic oxidation sites excluding steroid dienone is 18. The molecule has 0 saturated carbocycles. The predicted molar refractivity (Wildman–Crippen MR) is 265 cm³/mol. The fraction of sp³-hybridized carbons (Fsp3) is 0.625. The van der Waals surface area contributed by atoms with Crippen molar-refractivity contribution >= 4 is 17.9 Å². The first kappa shape index (κ1) is 58.1. The lowest BCUT2D eigenvalue weighted by Gasteiger charge is -2.18. The molecule has 0 aromatic heterocycles. The topological polar surface area (TPSA) is 78.9 Å². The zero-order valence-electron chi connectivity index (χ0n) is 39.8. The highest BCUT2D eigenvalue weighted by molar-refractivity contribution is 5.71. The Morgan fingerprint density at radius 1 is 0.355 bits per heavy atom. The molecule has 0 spiro atoms. The first-order valence-electron chi connectivity index (χ1n) is 25.0. The number of ether oxygens (including phenoxy) is 3. The molecule has 1 unspecified atom stereocenters. The van der Waals surface area contributed by atoms with Crippen LogP contribution in [0.2, 0.25) is 0 Å². The number of hydrogen-bond donors (Lipinski definition) is 0. The smallest absolute Gasteiger partial charge is 0.306 e. The van der Waals surface area contributed by atoms with Crippen molar-refractivity contribution in [2.75, 3.05) is 13.2 Å². The third-order valence-electron chi connectivity index (χ3n) is 10.2. The molecule has 1 atom stereocenters. The molecule has 0 saturated heterocycles. The van der Waals surface area contributed by atoms with Crippen LogP contribution in [-0.2, 0) is 28.6 Å². The molecule has 0 amide bonds. The largest absolute Gasteiger partial charge is 0.462 e. The fourth-order valence-electron chi connectivity index (χ4n) is 6.39. The van der Waals surface area contributed by atoms with Gasteiger partial charge in [0.05, 0.1) is 0 Å². The molecular formula is C56H90O6. The fourth-order valence-corrected chi connectivity index (χ4v) is 6.39. The van der Waals surface area contributed by atoms with Crippen LogP contribution >= 0.6 is 0 Å². The summed E-state index contributed by atoms with van der Waals surface area (Å²) in [7, 11) is 0. The lowest BCUT2D eigenvalue weighted by molar-refractivity contribution is -0.166. The van der Waals surface area contributed by atoms with Gasteiger partial charge in [-0.3, -0.25) is 14.4 Å². The Kier molecular flexibility index (Phi) is 46.6. The Bertz CT molecular complexity index is 1310. The molecular weight excluding hydrogens is 769 g/mol. The molecule has 0 N–H and O–H groups in total. The monoisotopic (exact) mass is 859 g/mol. The zero-order chi connectivity index (χ0) is 45.1. The molecule has 0 radical (unpaired) electrons. The van der Waals surface area contributed by atoms with Crippen molar-refractivity contribution in [1.82, 2.24) is 0 Å². The van der Waals surface area contributed by atoms with E-state index >= 15 is 0 Å². The SMILES string of the molecule is CC/C=C/C=C/C=C/C=C/C=C/CCCCCC(=O)OC(COC(=O)CC/C=C/C/C=C/CCCCCCCC)COC(=O)CCCCC/C=C/C=C/CCCCCCCCC. The van der Waals surface area contributed by atoms with Gasteiger partial charge in [-0.05, 0) is 83.5 Å². The van der Waals surface area contributed by atoms with E-state index in [4.69, 9.17) is 14.2 Å². The number of esters is 3. The molecule has 0 aliphatic carbocycles. The maximum absolute atomic E-state index is 12.8. The van der Waals surface area contributed by atoms with Crippen molar-refractivity contribution in [3.05, 3.63) is 109 Å². The summed E-state index contributed by atoms with van der Waals surface area (Å²) in [6, 6.07) is 0. The van der Waals surface area contributed by atoms with E-state index in [9.17, 15) is 14.4 Å². The highest BCUT2D eigenvalue weighted by Gasteiger charge is 2.19. The summed E-state index contributed by atoms with van der Waals surface area (Å²) in [5, 5.41) is 0. The predicted octanol–water partition coefficient (Wildman–Crippen LogP) is 16.4. The molecule has 0 rings (SSSR count). The molecule has 0 fully saturated rings. The van der Waals surface area contributed by atoms with Gasteiger partial charge in [-0.1, -0.05) is 214 Å². The quantitative estimate of drug-likeness (QED) is 0.0200. The summed E-state index contributed by atoms with van der Waals surface area (Å²) in [6.07, 6.45) is 66.5.